The number of carbonyl (C=O) groups excluding carboxylic acids is 2. The minimum Gasteiger partial charge on any atom is -0.347 e. The van der Waals surface area contributed by atoms with Gasteiger partial charge in [-0.2, -0.15) is 24.9 Å². The van der Waals surface area contributed by atoms with Crippen LogP contribution in [0.3, 0.4) is 0 Å². The first-order valence-corrected chi connectivity index (χ1v) is 7.23. The average Bonchev–Trinajstić information content (AvgIpc) is 2.36. The summed E-state index contributed by atoms with van der Waals surface area (Å²) in [4.78, 5) is 25.4. The van der Waals surface area contributed by atoms with E-state index < -0.39 is 37.1 Å². The van der Waals surface area contributed by atoms with E-state index in [1.807, 2.05) is 0 Å². The average molecular weight is 313 g/mol. The van der Waals surface area contributed by atoms with Crippen molar-refractivity contribution in [1.29, 1.82) is 0 Å². The molecule has 1 aliphatic heterocycles. The first-order valence-electron chi connectivity index (χ1n) is 6.07. The molecule has 1 saturated heterocycles. The molecule has 0 aromatic heterocycles. The summed E-state index contributed by atoms with van der Waals surface area (Å²) in [7, 11) is 2.88. The lowest BCUT2D eigenvalue weighted by Gasteiger charge is -2.30. The Bertz CT molecular complexity index is 357. The van der Waals surface area contributed by atoms with Crippen molar-refractivity contribution in [2.75, 3.05) is 45.2 Å². The molecule has 1 atom stereocenters. The van der Waals surface area contributed by atoms with E-state index in [9.17, 15) is 22.8 Å². The zero-order chi connectivity index (χ0) is 15.3. The number of nitrogens with zero attached hydrogens (tertiary/aromatic N) is 2. The Morgan fingerprint density at radius 3 is 2.45 bits per heavy atom. The number of likely N-dealkylation sites (N-methyl/N-ethyl adjacent to an activating group) is 1. The molecule has 116 valence electrons. The second kappa shape index (κ2) is 7.16. The smallest absolute Gasteiger partial charge is 0.347 e. The molecule has 1 aliphatic rings. The standard InChI is InChI=1S/C11H18F3N3O2S/c1-16(2)9(18)5-17(7-11(12,13)14)10(19)8-6-20-4-3-15-8/h8,15H,3-7H2,1-2H3. The van der Waals surface area contributed by atoms with E-state index in [2.05, 4.69) is 5.32 Å². The van der Waals surface area contributed by atoms with Crippen LogP contribution in [0.5, 0.6) is 0 Å². The molecule has 1 unspecified atom stereocenters. The van der Waals surface area contributed by atoms with Gasteiger partial charge in [0.1, 0.15) is 13.1 Å². The lowest BCUT2D eigenvalue weighted by Crippen LogP contribution is -2.54. The van der Waals surface area contributed by atoms with Gasteiger partial charge in [0.05, 0.1) is 6.04 Å². The van der Waals surface area contributed by atoms with Crippen molar-refractivity contribution in [3.05, 3.63) is 0 Å². The second-order valence-electron chi connectivity index (χ2n) is 4.68. The SMILES string of the molecule is CN(C)C(=O)CN(CC(F)(F)F)C(=O)C1CSCCN1. The number of halogens is 3. The van der Waals surface area contributed by atoms with Crippen molar-refractivity contribution in [3.63, 3.8) is 0 Å². The number of rotatable bonds is 4. The Hall–Kier alpha value is -0.960. The van der Waals surface area contributed by atoms with Gasteiger partial charge in [-0.25, -0.2) is 0 Å². The fraction of sp³-hybridized carbons (Fsp3) is 0.818. The number of nitrogens with one attached hydrogen (secondary N) is 1. The monoisotopic (exact) mass is 313 g/mol. The molecular weight excluding hydrogens is 295 g/mol. The molecule has 20 heavy (non-hydrogen) atoms. The van der Waals surface area contributed by atoms with Crippen LogP contribution in [-0.4, -0.2) is 79.1 Å². The molecule has 1 heterocycles. The third-order valence-corrected chi connectivity index (χ3v) is 3.79. The molecule has 0 saturated carbocycles. The largest absolute Gasteiger partial charge is 0.406 e. The minimum absolute atomic E-state index is 0.420. The van der Waals surface area contributed by atoms with Crippen LogP contribution in [0.15, 0.2) is 0 Å². The molecule has 1 rings (SSSR count). The maximum Gasteiger partial charge on any atom is 0.406 e. The molecular formula is C11H18F3N3O2S. The molecule has 0 radical (unpaired) electrons. The van der Waals surface area contributed by atoms with Crippen molar-refractivity contribution in [2.45, 2.75) is 12.2 Å². The molecule has 0 aromatic carbocycles. The van der Waals surface area contributed by atoms with E-state index in [1.54, 1.807) is 0 Å². The van der Waals surface area contributed by atoms with Gasteiger partial charge in [0.15, 0.2) is 0 Å². The highest BCUT2D eigenvalue weighted by Gasteiger charge is 2.36. The summed E-state index contributed by atoms with van der Waals surface area (Å²) in [5, 5.41) is 2.88. The second-order valence-corrected chi connectivity index (χ2v) is 5.83. The maximum absolute atomic E-state index is 12.5. The van der Waals surface area contributed by atoms with Gasteiger partial charge in [-0.1, -0.05) is 0 Å². The van der Waals surface area contributed by atoms with Gasteiger partial charge >= 0.3 is 6.18 Å². The molecule has 0 aliphatic carbocycles. The quantitative estimate of drug-likeness (QED) is 0.804. The van der Waals surface area contributed by atoms with E-state index in [4.69, 9.17) is 0 Å². The Morgan fingerprint density at radius 2 is 2.00 bits per heavy atom. The van der Waals surface area contributed by atoms with Crippen LogP contribution in [0.1, 0.15) is 0 Å². The summed E-state index contributed by atoms with van der Waals surface area (Å²) in [6.45, 7) is -1.40. The van der Waals surface area contributed by atoms with E-state index in [0.717, 1.165) is 5.75 Å². The molecule has 5 nitrogen and oxygen atoms in total. The van der Waals surface area contributed by atoms with Gasteiger partial charge in [0.25, 0.3) is 0 Å². The van der Waals surface area contributed by atoms with Gasteiger partial charge in [-0.05, 0) is 0 Å². The number of hydrogen-bond donors (Lipinski definition) is 1. The molecule has 1 fully saturated rings. The third kappa shape index (κ3) is 5.58. The Balaban J connectivity index is 2.74. The van der Waals surface area contributed by atoms with Gasteiger partial charge in [-0.15, -0.1) is 0 Å². The molecule has 9 heteroatoms. The van der Waals surface area contributed by atoms with Crippen molar-refractivity contribution in [1.82, 2.24) is 15.1 Å². The van der Waals surface area contributed by atoms with Crippen LogP contribution in [0, 0.1) is 0 Å². The van der Waals surface area contributed by atoms with Crippen LogP contribution in [0.4, 0.5) is 13.2 Å². The van der Waals surface area contributed by atoms with E-state index in [0.29, 0.717) is 17.2 Å². The van der Waals surface area contributed by atoms with E-state index in [-0.39, 0.29) is 0 Å². The molecule has 0 aromatic rings. The summed E-state index contributed by atoms with van der Waals surface area (Å²) in [6, 6.07) is -0.661. The highest BCUT2D eigenvalue weighted by molar-refractivity contribution is 7.99. The predicted octanol–water partition coefficient (Wildman–Crippen LogP) is 0.170. The van der Waals surface area contributed by atoms with Crippen molar-refractivity contribution >= 4 is 23.6 Å². The lowest BCUT2D eigenvalue weighted by molar-refractivity contribution is -0.164. The van der Waals surface area contributed by atoms with Gasteiger partial charge in [0.2, 0.25) is 11.8 Å². The lowest BCUT2D eigenvalue weighted by atomic mass is 10.2. The van der Waals surface area contributed by atoms with E-state index in [1.165, 1.54) is 30.8 Å². The minimum atomic E-state index is -4.52. The van der Waals surface area contributed by atoms with Crippen LogP contribution < -0.4 is 5.32 Å². The van der Waals surface area contributed by atoms with Gasteiger partial charge in [0, 0.05) is 32.1 Å². The predicted molar refractivity (Wildman–Crippen MR) is 70.4 cm³/mol. The van der Waals surface area contributed by atoms with Crippen LogP contribution in [0.25, 0.3) is 0 Å². The highest BCUT2D eigenvalue weighted by atomic mass is 32.2. The van der Waals surface area contributed by atoms with Gasteiger partial charge < -0.3 is 15.1 Å². The van der Waals surface area contributed by atoms with Crippen LogP contribution in [0.2, 0.25) is 0 Å². The number of hydrogen-bond acceptors (Lipinski definition) is 4. The zero-order valence-electron chi connectivity index (χ0n) is 11.4. The molecule has 0 spiro atoms. The summed E-state index contributed by atoms with van der Waals surface area (Å²) < 4.78 is 37.6. The zero-order valence-corrected chi connectivity index (χ0v) is 12.2. The Morgan fingerprint density at radius 1 is 1.35 bits per heavy atom. The van der Waals surface area contributed by atoms with Crippen molar-refractivity contribution in [3.8, 4) is 0 Å². The van der Waals surface area contributed by atoms with Crippen LogP contribution in [-0.2, 0) is 9.59 Å². The summed E-state index contributed by atoms with van der Waals surface area (Å²) in [5.41, 5.74) is 0. The normalized spacial score (nSPS) is 19.6. The summed E-state index contributed by atoms with van der Waals surface area (Å²) >= 11 is 1.51. The first kappa shape index (κ1) is 17.1. The fourth-order valence-corrected chi connectivity index (χ4v) is 2.60. The van der Waals surface area contributed by atoms with Gasteiger partial charge in [-0.3, -0.25) is 9.59 Å². The van der Waals surface area contributed by atoms with Crippen LogP contribution >= 0.6 is 11.8 Å². The number of thioether (sulfide) groups is 1. The summed E-state index contributed by atoms with van der Waals surface area (Å²) in [5.74, 6) is 0.0269. The fourth-order valence-electron chi connectivity index (χ4n) is 1.68. The number of carbonyl (C=O) groups is 2. The van der Waals surface area contributed by atoms with Crippen molar-refractivity contribution < 1.29 is 22.8 Å². The van der Waals surface area contributed by atoms with E-state index >= 15 is 0 Å². The third-order valence-electron chi connectivity index (χ3n) is 2.73. The molecule has 2 amide bonds. The maximum atomic E-state index is 12.5. The molecule has 0 bridgehead atoms. The number of amides is 2. The highest BCUT2D eigenvalue weighted by Crippen LogP contribution is 2.18. The Labute approximate surface area is 119 Å². The van der Waals surface area contributed by atoms with Crippen molar-refractivity contribution in [2.24, 2.45) is 0 Å². The first-order chi connectivity index (χ1) is 9.20. The topological polar surface area (TPSA) is 52.7 Å². The Kier molecular flexibility index (Phi) is 6.12. The summed E-state index contributed by atoms with van der Waals surface area (Å²) in [6.07, 6.45) is -4.52. The number of alkyl halides is 3. The molecule has 1 N–H and O–H groups in total.